The summed E-state index contributed by atoms with van der Waals surface area (Å²) in [4.78, 5) is 0. The van der Waals surface area contributed by atoms with E-state index in [1.54, 1.807) is 0 Å². The van der Waals surface area contributed by atoms with Crippen LogP contribution in [0.3, 0.4) is 0 Å². The van der Waals surface area contributed by atoms with Crippen molar-refractivity contribution in [1.29, 1.82) is 0 Å². The summed E-state index contributed by atoms with van der Waals surface area (Å²) in [6.45, 7) is 4.78. The Labute approximate surface area is 322 Å². The molecule has 10 aromatic carbocycles. The molecule has 1 aliphatic rings. The van der Waals surface area contributed by atoms with Crippen LogP contribution in [0.2, 0.25) is 0 Å². The number of benzene rings is 10. The molecule has 10 aromatic rings. The van der Waals surface area contributed by atoms with Crippen molar-refractivity contribution >= 4 is 43.1 Å². The lowest BCUT2D eigenvalue weighted by molar-refractivity contribution is 0.666. The fraction of sp³-hybridized carbons (Fsp3) is 0.0545. The molecule has 0 spiro atoms. The van der Waals surface area contributed by atoms with Crippen molar-refractivity contribution in [3.63, 3.8) is 0 Å². The van der Waals surface area contributed by atoms with Crippen molar-refractivity contribution in [2.24, 2.45) is 0 Å². The minimum Gasteiger partial charge on any atom is -0.0616 e. The molecule has 1 aliphatic carbocycles. The van der Waals surface area contributed by atoms with Crippen LogP contribution in [0.5, 0.6) is 0 Å². The van der Waals surface area contributed by atoms with E-state index in [1.165, 1.54) is 110 Å². The first-order valence-electron chi connectivity index (χ1n) is 19.4. The Balaban J connectivity index is 1.13. The first kappa shape index (κ1) is 31.7. The molecule has 0 fully saturated rings. The second-order valence-corrected chi connectivity index (χ2v) is 15.6. The molecule has 0 aromatic heterocycles. The van der Waals surface area contributed by atoms with Crippen molar-refractivity contribution in [3.8, 4) is 55.6 Å². The van der Waals surface area contributed by atoms with E-state index < -0.39 is 0 Å². The van der Waals surface area contributed by atoms with Gasteiger partial charge in [-0.15, -0.1) is 0 Å². The molecular weight excluding hydrogens is 661 g/mol. The zero-order valence-corrected chi connectivity index (χ0v) is 31.0. The lowest BCUT2D eigenvalue weighted by Crippen LogP contribution is -2.15. The first-order valence-corrected chi connectivity index (χ1v) is 19.4. The monoisotopic (exact) mass is 698 g/mol. The maximum atomic E-state index is 2.43. The van der Waals surface area contributed by atoms with Crippen LogP contribution in [0.1, 0.15) is 25.0 Å². The predicted molar refractivity (Wildman–Crippen MR) is 236 cm³/mol. The smallest absolute Gasteiger partial charge is 0.0165 e. The van der Waals surface area contributed by atoms with Gasteiger partial charge in [0.25, 0.3) is 0 Å². The van der Waals surface area contributed by atoms with Gasteiger partial charge in [0.15, 0.2) is 0 Å². The molecule has 0 heterocycles. The van der Waals surface area contributed by atoms with Gasteiger partial charge in [0.05, 0.1) is 0 Å². The van der Waals surface area contributed by atoms with E-state index in [4.69, 9.17) is 0 Å². The van der Waals surface area contributed by atoms with Crippen LogP contribution >= 0.6 is 0 Å². The third-order valence-electron chi connectivity index (χ3n) is 12.2. The summed E-state index contributed by atoms with van der Waals surface area (Å²) in [5.74, 6) is 0. The minimum atomic E-state index is -0.107. The van der Waals surface area contributed by atoms with Crippen LogP contribution in [0, 0.1) is 0 Å². The second-order valence-electron chi connectivity index (χ2n) is 15.6. The molecule has 0 heteroatoms. The Morgan fingerprint density at radius 2 is 0.818 bits per heavy atom. The van der Waals surface area contributed by atoms with Crippen molar-refractivity contribution < 1.29 is 0 Å². The highest BCUT2D eigenvalue weighted by Crippen LogP contribution is 2.55. The van der Waals surface area contributed by atoms with Gasteiger partial charge in [-0.1, -0.05) is 196 Å². The molecule has 0 radical (unpaired) electrons. The molecule has 11 rings (SSSR count). The third-order valence-corrected chi connectivity index (χ3v) is 12.2. The molecule has 0 atom stereocenters. The van der Waals surface area contributed by atoms with Gasteiger partial charge in [-0.05, 0) is 122 Å². The summed E-state index contributed by atoms with van der Waals surface area (Å²) in [5.41, 5.74) is 15.5. The summed E-state index contributed by atoms with van der Waals surface area (Å²) >= 11 is 0. The largest absolute Gasteiger partial charge is 0.0616 e. The molecule has 258 valence electrons. The van der Waals surface area contributed by atoms with Crippen LogP contribution < -0.4 is 0 Å². The van der Waals surface area contributed by atoms with Gasteiger partial charge in [-0.3, -0.25) is 0 Å². The fourth-order valence-corrected chi connectivity index (χ4v) is 9.77. The summed E-state index contributed by atoms with van der Waals surface area (Å²) in [5, 5.41) is 10.2. The highest BCUT2D eigenvalue weighted by Gasteiger charge is 2.38. The Bertz CT molecular complexity index is 3120. The predicted octanol–water partition coefficient (Wildman–Crippen LogP) is 15.3. The average Bonchev–Trinajstić information content (AvgIpc) is 3.49. The normalized spacial score (nSPS) is 13.1. The molecule has 0 bridgehead atoms. The lowest BCUT2D eigenvalue weighted by atomic mass is 9.80. The van der Waals surface area contributed by atoms with E-state index in [-0.39, 0.29) is 5.41 Å². The van der Waals surface area contributed by atoms with Gasteiger partial charge in [-0.2, -0.15) is 0 Å². The molecule has 0 amide bonds. The standard InChI is InChI=1S/C55H38/c1-55(2)50-28-14-27-42(53(50)49-32-31-36-16-5-6-21-43(36)54(49)55)38-18-13-19-40(34-38)51-45-23-9-11-25-47(45)52(48-26-12-10-24-46(48)51)44-22-8-7-20-41(44)39-30-29-35-15-3-4-17-37(35)33-39/h3-34H,1-2H3. The van der Waals surface area contributed by atoms with E-state index in [9.17, 15) is 0 Å². The Morgan fingerprint density at radius 1 is 0.291 bits per heavy atom. The van der Waals surface area contributed by atoms with Gasteiger partial charge in [0, 0.05) is 5.41 Å². The Hall–Kier alpha value is -6.76. The van der Waals surface area contributed by atoms with Gasteiger partial charge >= 0.3 is 0 Å². The van der Waals surface area contributed by atoms with E-state index in [2.05, 4.69) is 208 Å². The summed E-state index contributed by atoms with van der Waals surface area (Å²) in [6.07, 6.45) is 0. The van der Waals surface area contributed by atoms with E-state index >= 15 is 0 Å². The molecule has 0 aliphatic heterocycles. The van der Waals surface area contributed by atoms with Crippen molar-refractivity contribution in [1.82, 2.24) is 0 Å². The quantitative estimate of drug-likeness (QED) is 0.161. The number of fused-ring (bicyclic) bond motifs is 8. The van der Waals surface area contributed by atoms with Crippen molar-refractivity contribution in [2.45, 2.75) is 19.3 Å². The van der Waals surface area contributed by atoms with Crippen molar-refractivity contribution in [2.75, 3.05) is 0 Å². The van der Waals surface area contributed by atoms with Gasteiger partial charge in [0.1, 0.15) is 0 Å². The minimum absolute atomic E-state index is 0.107. The van der Waals surface area contributed by atoms with Crippen LogP contribution in [-0.2, 0) is 5.41 Å². The molecule has 0 unspecified atom stereocenters. The molecule has 55 heavy (non-hydrogen) atoms. The first-order chi connectivity index (χ1) is 27.1. The van der Waals surface area contributed by atoms with Crippen LogP contribution in [0.25, 0.3) is 98.7 Å². The van der Waals surface area contributed by atoms with Crippen LogP contribution in [0.4, 0.5) is 0 Å². The topological polar surface area (TPSA) is 0 Å². The SMILES string of the molecule is CC1(C)c2cccc(-c3cccc(-c4c5ccccc5c(-c5ccccc5-c5ccc6ccccc6c5)c5ccccc45)c3)c2-c2ccc3ccccc3c21. The van der Waals surface area contributed by atoms with Crippen molar-refractivity contribution in [3.05, 3.63) is 205 Å². The third kappa shape index (κ3) is 4.78. The Morgan fingerprint density at radius 3 is 1.56 bits per heavy atom. The molecule has 0 saturated heterocycles. The molecule has 0 nitrogen and oxygen atoms in total. The van der Waals surface area contributed by atoms with E-state index in [1.807, 2.05) is 0 Å². The lowest BCUT2D eigenvalue weighted by Gasteiger charge is -2.23. The molecule has 0 N–H and O–H groups in total. The van der Waals surface area contributed by atoms with Crippen LogP contribution in [0.15, 0.2) is 194 Å². The fourth-order valence-electron chi connectivity index (χ4n) is 9.77. The number of hydrogen-bond donors (Lipinski definition) is 0. The molecular formula is C55H38. The van der Waals surface area contributed by atoms with Gasteiger partial charge in [0.2, 0.25) is 0 Å². The zero-order valence-electron chi connectivity index (χ0n) is 31.0. The molecule has 0 saturated carbocycles. The summed E-state index contributed by atoms with van der Waals surface area (Å²) in [7, 11) is 0. The highest BCUT2D eigenvalue weighted by atomic mass is 14.4. The maximum Gasteiger partial charge on any atom is 0.0165 e. The highest BCUT2D eigenvalue weighted by molar-refractivity contribution is 6.22. The average molecular weight is 699 g/mol. The summed E-state index contributed by atoms with van der Waals surface area (Å²) in [6, 6.07) is 72.1. The van der Waals surface area contributed by atoms with Gasteiger partial charge in [-0.25, -0.2) is 0 Å². The second kappa shape index (κ2) is 12.1. The van der Waals surface area contributed by atoms with E-state index in [0.717, 1.165) is 0 Å². The van der Waals surface area contributed by atoms with Gasteiger partial charge < -0.3 is 0 Å². The van der Waals surface area contributed by atoms with E-state index in [0.29, 0.717) is 0 Å². The Kier molecular flexibility index (Phi) is 7.00. The maximum absolute atomic E-state index is 2.43. The number of hydrogen-bond acceptors (Lipinski definition) is 0. The number of rotatable bonds is 4. The van der Waals surface area contributed by atoms with Crippen LogP contribution in [-0.4, -0.2) is 0 Å². The zero-order chi connectivity index (χ0) is 36.7. The summed E-state index contributed by atoms with van der Waals surface area (Å²) < 4.78 is 0.